The van der Waals surface area contributed by atoms with Crippen LogP contribution in [0.15, 0.2) is 18.2 Å². The van der Waals surface area contributed by atoms with Gasteiger partial charge < -0.3 is 10.1 Å². The Morgan fingerprint density at radius 2 is 1.83 bits per heavy atom. The lowest BCUT2D eigenvalue weighted by Crippen LogP contribution is -2.47. The summed E-state index contributed by atoms with van der Waals surface area (Å²) in [6.45, 7) is 4.63. The van der Waals surface area contributed by atoms with E-state index in [0.717, 1.165) is 45.1 Å². The predicted octanol–water partition coefficient (Wildman–Crippen LogP) is 3.73. The summed E-state index contributed by atoms with van der Waals surface area (Å²) in [5.74, 6) is 0.262. The zero-order valence-electron chi connectivity index (χ0n) is 13.4. The molecule has 3 nitrogen and oxygen atoms in total. The van der Waals surface area contributed by atoms with Gasteiger partial charge in [0.15, 0.2) is 0 Å². The zero-order valence-corrected chi connectivity index (χ0v) is 14.2. The molecule has 0 spiro atoms. The van der Waals surface area contributed by atoms with E-state index in [-0.39, 0.29) is 12.0 Å². The quantitative estimate of drug-likeness (QED) is 0.886. The molecule has 1 aromatic carbocycles. The van der Waals surface area contributed by atoms with Gasteiger partial charge >= 0.3 is 6.18 Å². The summed E-state index contributed by atoms with van der Waals surface area (Å²) in [4.78, 5) is 2.27. The highest BCUT2D eigenvalue weighted by Gasteiger charge is 2.36. The van der Waals surface area contributed by atoms with E-state index in [1.54, 1.807) is 0 Å². The summed E-state index contributed by atoms with van der Waals surface area (Å²) in [6.07, 6.45) is -2.66. The maximum absolute atomic E-state index is 13.2. The highest BCUT2D eigenvalue weighted by atomic mass is 35.5. The Morgan fingerprint density at radius 1 is 1.17 bits per heavy atom. The summed E-state index contributed by atoms with van der Waals surface area (Å²) in [5, 5.41) is 3.71. The van der Waals surface area contributed by atoms with E-state index in [1.807, 2.05) is 0 Å². The molecule has 134 valence electrons. The first-order valence-electron chi connectivity index (χ1n) is 8.36. The van der Waals surface area contributed by atoms with Gasteiger partial charge in [-0.05, 0) is 42.5 Å². The molecule has 0 amide bonds. The fourth-order valence-corrected chi connectivity index (χ4v) is 3.92. The van der Waals surface area contributed by atoms with Crippen molar-refractivity contribution in [3.63, 3.8) is 0 Å². The number of ether oxygens (including phenoxy) is 1. The van der Waals surface area contributed by atoms with Gasteiger partial charge in [-0.1, -0.05) is 11.6 Å². The lowest BCUT2D eigenvalue weighted by atomic mass is 9.85. The van der Waals surface area contributed by atoms with Gasteiger partial charge in [0.1, 0.15) is 0 Å². The summed E-state index contributed by atoms with van der Waals surface area (Å²) in [5.41, 5.74) is -0.0330. The SMILES string of the molecule is FC(F)(F)c1ccc(Cl)c([C@@H](C2CCOCC2)N2CCNCC2)c1. The van der Waals surface area contributed by atoms with Crippen molar-refractivity contribution in [2.75, 3.05) is 39.4 Å². The van der Waals surface area contributed by atoms with Crippen molar-refractivity contribution >= 4 is 11.6 Å². The third-order valence-corrected chi connectivity index (χ3v) is 5.24. The van der Waals surface area contributed by atoms with Crippen molar-refractivity contribution in [2.45, 2.75) is 25.1 Å². The van der Waals surface area contributed by atoms with Gasteiger partial charge in [0, 0.05) is 50.5 Å². The lowest BCUT2D eigenvalue weighted by Gasteiger charge is -2.41. The van der Waals surface area contributed by atoms with Crippen LogP contribution in [0.5, 0.6) is 0 Å². The second-order valence-electron chi connectivity index (χ2n) is 6.41. The number of halogens is 4. The molecular weight excluding hydrogens is 341 g/mol. The predicted molar refractivity (Wildman–Crippen MR) is 87.2 cm³/mol. The molecule has 24 heavy (non-hydrogen) atoms. The number of piperazine rings is 1. The summed E-state index contributed by atoms with van der Waals surface area (Å²) >= 11 is 6.34. The van der Waals surface area contributed by atoms with Gasteiger partial charge in [0.05, 0.1) is 5.56 Å². The molecule has 0 bridgehead atoms. The Balaban J connectivity index is 1.97. The van der Waals surface area contributed by atoms with Crippen LogP contribution in [-0.2, 0) is 10.9 Å². The molecule has 2 fully saturated rings. The molecule has 0 unspecified atom stereocenters. The lowest BCUT2D eigenvalue weighted by molar-refractivity contribution is -0.137. The standard InChI is InChI=1S/C17H22ClF3N2O/c18-15-2-1-13(17(19,20)21)11-14(15)16(12-3-9-24-10-4-12)23-7-5-22-6-8-23/h1-2,11-12,16,22H,3-10H2/t16-/m1/s1. The van der Waals surface area contributed by atoms with Crippen LogP contribution in [0.4, 0.5) is 13.2 Å². The zero-order chi connectivity index (χ0) is 17.2. The highest BCUT2D eigenvalue weighted by Crippen LogP contribution is 2.41. The molecule has 7 heteroatoms. The summed E-state index contributed by atoms with van der Waals surface area (Å²) in [6, 6.07) is 3.59. The van der Waals surface area contributed by atoms with Crippen molar-refractivity contribution in [3.05, 3.63) is 34.3 Å². The van der Waals surface area contributed by atoms with E-state index in [1.165, 1.54) is 12.1 Å². The van der Waals surface area contributed by atoms with Crippen molar-refractivity contribution in [3.8, 4) is 0 Å². The number of rotatable bonds is 3. The van der Waals surface area contributed by atoms with Gasteiger partial charge in [-0.3, -0.25) is 4.90 Å². The number of benzene rings is 1. The van der Waals surface area contributed by atoms with Gasteiger partial charge in [0.25, 0.3) is 0 Å². The molecule has 1 aromatic rings. The summed E-state index contributed by atoms with van der Waals surface area (Å²) < 4.78 is 44.9. The monoisotopic (exact) mass is 362 g/mol. The van der Waals surface area contributed by atoms with Gasteiger partial charge in [-0.2, -0.15) is 13.2 Å². The number of hydrogen-bond donors (Lipinski definition) is 1. The largest absolute Gasteiger partial charge is 0.416 e. The molecule has 0 radical (unpaired) electrons. The smallest absolute Gasteiger partial charge is 0.381 e. The van der Waals surface area contributed by atoms with Crippen molar-refractivity contribution < 1.29 is 17.9 Å². The van der Waals surface area contributed by atoms with Crippen LogP contribution in [0.3, 0.4) is 0 Å². The maximum Gasteiger partial charge on any atom is 0.416 e. The van der Waals surface area contributed by atoms with Crippen LogP contribution in [-0.4, -0.2) is 44.3 Å². The molecule has 1 atom stereocenters. The van der Waals surface area contributed by atoms with Crippen LogP contribution in [0.25, 0.3) is 0 Å². The highest BCUT2D eigenvalue weighted by molar-refractivity contribution is 6.31. The average molecular weight is 363 g/mol. The van der Waals surface area contributed by atoms with E-state index < -0.39 is 11.7 Å². The average Bonchev–Trinajstić information content (AvgIpc) is 2.58. The van der Waals surface area contributed by atoms with Crippen LogP contribution < -0.4 is 5.32 Å². The molecule has 2 heterocycles. The number of hydrogen-bond acceptors (Lipinski definition) is 3. The first-order valence-corrected chi connectivity index (χ1v) is 8.74. The topological polar surface area (TPSA) is 24.5 Å². The first kappa shape index (κ1) is 18.0. The molecular formula is C17H22ClF3N2O. The molecule has 0 saturated carbocycles. The Labute approximate surface area is 145 Å². The van der Waals surface area contributed by atoms with Crippen LogP contribution in [0.2, 0.25) is 5.02 Å². The molecule has 2 aliphatic rings. The van der Waals surface area contributed by atoms with Crippen molar-refractivity contribution in [1.29, 1.82) is 0 Å². The number of alkyl halides is 3. The Morgan fingerprint density at radius 3 is 2.46 bits per heavy atom. The molecule has 1 N–H and O–H groups in total. The Hall–Kier alpha value is -0.820. The first-order chi connectivity index (χ1) is 11.5. The third kappa shape index (κ3) is 4.04. The van der Waals surface area contributed by atoms with E-state index in [4.69, 9.17) is 16.3 Å². The fourth-order valence-electron chi connectivity index (χ4n) is 3.69. The minimum absolute atomic E-state index is 0.0919. The van der Waals surface area contributed by atoms with E-state index in [9.17, 15) is 13.2 Å². The normalized spacial score (nSPS) is 22.5. The fraction of sp³-hybridized carbons (Fsp3) is 0.647. The Bertz CT molecular complexity index is 537. The Kier molecular flexibility index (Phi) is 5.70. The second-order valence-corrected chi connectivity index (χ2v) is 6.82. The van der Waals surface area contributed by atoms with Crippen molar-refractivity contribution in [2.24, 2.45) is 5.92 Å². The second kappa shape index (κ2) is 7.60. The van der Waals surface area contributed by atoms with E-state index in [0.29, 0.717) is 23.8 Å². The van der Waals surface area contributed by atoms with Gasteiger partial charge in [-0.25, -0.2) is 0 Å². The maximum atomic E-state index is 13.2. The van der Waals surface area contributed by atoms with Crippen LogP contribution in [0.1, 0.15) is 30.0 Å². The number of nitrogens with zero attached hydrogens (tertiary/aromatic N) is 1. The minimum Gasteiger partial charge on any atom is -0.381 e. The third-order valence-electron chi connectivity index (χ3n) is 4.90. The summed E-state index contributed by atoms with van der Waals surface area (Å²) in [7, 11) is 0. The van der Waals surface area contributed by atoms with Crippen molar-refractivity contribution in [1.82, 2.24) is 10.2 Å². The molecule has 2 saturated heterocycles. The van der Waals surface area contributed by atoms with Crippen LogP contribution >= 0.6 is 11.6 Å². The number of nitrogens with one attached hydrogen (secondary N) is 1. The van der Waals surface area contributed by atoms with Gasteiger partial charge in [0.2, 0.25) is 0 Å². The molecule has 2 aliphatic heterocycles. The van der Waals surface area contributed by atoms with Gasteiger partial charge in [-0.15, -0.1) is 0 Å². The minimum atomic E-state index is -4.36. The van der Waals surface area contributed by atoms with E-state index in [2.05, 4.69) is 10.2 Å². The molecule has 0 aliphatic carbocycles. The van der Waals surface area contributed by atoms with Crippen LogP contribution in [0, 0.1) is 5.92 Å². The molecule has 0 aromatic heterocycles. The molecule has 3 rings (SSSR count). The van der Waals surface area contributed by atoms with E-state index >= 15 is 0 Å².